The molecule has 1 aliphatic rings. The van der Waals surface area contributed by atoms with Crippen LogP contribution in [0, 0.1) is 13.8 Å². The highest BCUT2D eigenvalue weighted by Crippen LogP contribution is 2.39. The second-order valence-electron chi connectivity index (χ2n) is 4.28. The number of hydrogen-bond donors (Lipinski definition) is 2. The van der Waals surface area contributed by atoms with Crippen molar-refractivity contribution in [2.75, 3.05) is 11.9 Å². The van der Waals surface area contributed by atoms with Crippen LogP contribution in [0.5, 0.6) is 0 Å². The van der Waals surface area contributed by atoms with Gasteiger partial charge in [0, 0.05) is 22.7 Å². The molecule has 1 heterocycles. The predicted molar refractivity (Wildman–Crippen MR) is 67.7 cm³/mol. The zero-order valence-electron chi connectivity index (χ0n) is 9.50. The zero-order chi connectivity index (χ0) is 11.0. The first kappa shape index (κ1) is 10.8. The molecule has 3 N–H and O–H groups in total. The minimum Gasteiger partial charge on any atom is -0.380 e. The lowest BCUT2D eigenvalue weighted by molar-refractivity contribution is 0.722. The third kappa shape index (κ3) is 1.99. The van der Waals surface area contributed by atoms with Crippen molar-refractivity contribution in [3.05, 3.63) is 23.3 Å². The van der Waals surface area contributed by atoms with Gasteiger partial charge in [-0.15, -0.1) is 11.8 Å². The first-order chi connectivity index (χ1) is 7.11. The molecule has 3 heteroatoms. The molecule has 2 rings (SSSR count). The summed E-state index contributed by atoms with van der Waals surface area (Å²) < 4.78 is 0. The molecule has 0 amide bonds. The van der Waals surface area contributed by atoms with E-state index in [0.29, 0.717) is 11.3 Å². The van der Waals surface area contributed by atoms with E-state index in [-0.39, 0.29) is 0 Å². The molecule has 1 aromatic rings. The Morgan fingerprint density at radius 2 is 2.13 bits per heavy atom. The molecule has 0 aromatic heterocycles. The van der Waals surface area contributed by atoms with Gasteiger partial charge in [-0.05, 0) is 38.0 Å². The monoisotopic (exact) mass is 222 g/mol. The third-order valence-corrected chi connectivity index (χ3v) is 4.36. The lowest BCUT2D eigenvalue weighted by Gasteiger charge is -2.32. The first-order valence-electron chi connectivity index (χ1n) is 5.36. The second-order valence-corrected chi connectivity index (χ2v) is 5.56. The molecule has 2 unspecified atom stereocenters. The summed E-state index contributed by atoms with van der Waals surface area (Å²) in [4.78, 5) is 1.35. The van der Waals surface area contributed by atoms with Crippen LogP contribution in [0.1, 0.15) is 18.1 Å². The molecule has 0 saturated heterocycles. The molecule has 0 bridgehead atoms. The predicted octanol–water partition coefficient (Wildman–Crippen LogP) is 2.54. The number of rotatable bonds is 1. The van der Waals surface area contributed by atoms with E-state index in [9.17, 15) is 0 Å². The molecule has 1 aromatic carbocycles. The van der Waals surface area contributed by atoms with Gasteiger partial charge < -0.3 is 11.1 Å². The van der Waals surface area contributed by atoms with Crippen molar-refractivity contribution in [3.8, 4) is 0 Å². The van der Waals surface area contributed by atoms with Gasteiger partial charge >= 0.3 is 0 Å². The summed E-state index contributed by atoms with van der Waals surface area (Å²) in [7, 11) is 0. The van der Waals surface area contributed by atoms with E-state index in [1.54, 1.807) is 0 Å². The van der Waals surface area contributed by atoms with Gasteiger partial charge in [-0.25, -0.2) is 0 Å². The van der Waals surface area contributed by atoms with Gasteiger partial charge in [-0.2, -0.15) is 0 Å². The highest BCUT2D eigenvalue weighted by atomic mass is 32.2. The summed E-state index contributed by atoms with van der Waals surface area (Å²) in [5.41, 5.74) is 9.72. The third-order valence-electron chi connectivity index (χ3n) is 2.88. The van der Waals surface area contributed by atoms with Crippen molar-refractivity contribution < 1.29 is 0 Å². The maximum Gasteiger partial charge on any atom is 0.0510 e. The lowest BCUT2D eigenvalue weighted by atomic mass is 10.1. The number of thioether (sulfide) groups is 1. The largest absolute Gasteiger partial charge is 0.380 e. The minimum atomic E-state index is 0.453. The van der Waals surface area contributed by atoms with Crippen molar-refractivity contribution in [2.24, 2.45) is 5.73 Å². The summed E-state index contributed by atoms with van der Waals surface area (Å²) in [6, 6.07) is 4.92. The van der Waals surface area contributed by atoms with E-state index in [1.165, 1.54) is 21.7 Å². The first-order valence-corrected chi connectivity index (χ1v) is 6.24. The van der Waals surface area contributed by atoms with Gasteiger partial charge in [0.1, 0.15) is 0 Å². The average Bonchev–Trinajstić information content (AvgIpc) is 2.18. The smallest absolute Gasteiger partial charge is 0.0510 e. The Morgan fingerprint density at radius 3 is 2.80 bits per heavy atom. The molecular weight excluding hydrogens is 204 g/mol. The van der Waals surface area contributed by atoms with Crippen molar-refractivity contribution in [2.45, 2.75) is 37.0 Å². The number of aryl methyl sites for hydroxylation is 2. The van der Waals surface area contributed by atoms with Crippen LogP contribution in [0.3, 0.4) is 0 Å². The van der Waals surface area contributed by atoms with E-state index in [4.69, 9.17) is 5.73 Å². The van der Waals surface area contributed by atoms with E-state index in [2.05, 4.69) is 38.2 Å². The summed E-state index contributed by atoms with van der Waals surface area (Å²) in [6.07, 6.45) is 0. The van der Waals surface area contributed by atoms with Crippen LogP contribution >= 0.6 is 11.8 Å². The van der Waals surface area contributed by atoms with Crippen molar-refractivity contribution in [1.29, 1.82) is 0 Å². The number of nitrogens with one attached hydrogen (secondary N) is 1. The highest BCUT2D eigenvalue weighted by Gasteiger charge is 2.25. The molecule has 2 nitrogen and oxygen atoms in total. The maximum atomic E-state index is 5.77. The van der Waals surface area contributed by atoms with Gasteiger partial charge in [0.25, 0.3) is 0 Å². The Kier molecular flexibility index (Phi) is 2.94. The van der Waals surface area contributed by atoms with Crippen LogP contribution in [0.2, 0.25) is 0 Å². The summed E-state index contributed by atoms with van der Waals surface area (Å²) in [6.45, 7) is 7.23. The number of nitrogens with two attached hydrogens (primary N) is 1. The molecule has 0 fully saturated rings. The Labute approximate surface area is 95.6 Å². The Hall–Kier alpha value is -0.670. The molecule has 15 heavy (non-hydrogen) atoms. The van der Waals surface area contributed by atoms with Crippen LogP contribution in [0.25, 0.3) is 0 Å². The Morgan fingerprint density at radius 1 is 1.40 bits per heavy atom. The van der Waals surface area contributed by atoms with Crippen LogP contribution in [0.15, 0.2) is 17.0 Å². The van der Waals surface area contributed by atoms with Crippen molar-refractivity contribution in [1.82, 2.24) is 0 Å². The molecule has 0 radical (unpaired) electrons. The molecular formula is C12H18N2S. The number of anilines is 1. The molecule has 0 saturated carbocycles. The normalized spacial score (nSPS) is 24.5. The van der Waals surface area contributed by atoms with Gasteiger partial charge in [-0.1, -0.05) is 6.07 Å². The topological polar surface area (TPSA) is 38.0 Å². The summed E-state index contributed by atoms with van der Waals surface area (Å²) in [5, 5.41) is 4.04. The standard InChI is InChI=1S/C12H18N2S/c1-7-4-8(2)12-10(5-7)15-11(6-13)9(3)14-12/h4-5,9,11,14H,6,13H2,1-3H3. The van der Waals surface area contributed by atoms with E-state index in [0.717, 1.165) is 6.54 Å². The fourth-order valence-corrected chi connectivity index (χ4v) is 3.33. The van der Waals surface area contributed by atoms with Crippen molar-refractivity contribution in [3.63, 3.8) is 0 Å². The van der Waals surface area contributed by atoms with Crippen LogP contribution in [0.4, 0.5) is 5.69 Å². The molecule has 2 atom stereocenters. The summed E-state index contributed by atoms with van der Waals surface area (Å²) in [5.74, 6) is 0. The Balaban J connectivity index is 2.40. The quantitative estimate of drug-likeness (QED) is 0.767. The summed E-state index contributed by atoms with van der Waals surface area (Å²) >= 11 is 1.91. The van der Waals surface area contributed by atoms with Gasteiger partial charge in [-0.3, -0.25) is 0 Å². The van der Waals surface area contributed by atoms with E-state index in [1.807, 2.05) is 11.8 Å². The van der Waals surface area contributed by atoms with Crippen LogP contribution in [-0.2, 0) is 0 Å². The minimum absolute atomic E-state index is 0.453. The molecule has 0 aliphatic carbocycles. The molecule has 82 valence electrons. The zero-order valence-corrected chi connectivity index (χ0v) is 10.3. The maximum absolute atomic E-state index is 5.77. The van der Waals surface area contributed by atoms with Gasteiger partial charge in [0.2, 0.25) is 0 Å². The SMILES string of the molecule is Cc1cc(C)c2c(c1)SC(CN)C(C)N2. The fraction of sp³-hybridized carbons (Fsp3) is 0.500. The molecule has 1 aliphatic heterocycles. The van der Waals surface area contributed by atoms with Gasteiger partial charge in [0.15, 0.2) is 0 Å². The number of fused-ring (bicyclic) bond motifs is 1. The fourth-order valence-electron chi connectivity index (χ4n) is 2.04. The number of benzene rings is 1. The lowest BCUT2D eigenvalue weighted by Crippen LogP contribution is -2.37. The van der Waals surface area contributed by atoms with E-state index >= 15 is 0 Å². The van der Waals surface area contributed by atoms with Crippen molar-refractivity contribution >= 4 is 17.4 Å². The van der Waals surface area contributed by atoms with Gasteiger partial charge in [0.05, 0.1) is 5.69 Å². The van der Waals surface area contributed by atoms with Crippen LogP contribution in [-0.4, -0.2) is 17.8 Å². The van der Waals surface area contributed by atoms with E-state index < -0.39 is 0 Å². The van der Waals surface area contributed by atoms with Crippen LogP contribution < -0.4 is 11.1 Å². The average molecular weight is 222 g/mol. The second kappa shape index (κ2) is 4.06. The highest BCUT2D eigenvalue weighted by molar-refractivity contribution is 8.00. The molecule has 0 spiro atoms. The Bertz CT molecular complexity index is 376. The number of hydrogen-bond acceptors (Lipinski definition) is 3.